The average Bonchev–Trinajstić information content (AvgIpc) is 2.85. The summed E-state index contributed by atoms with van der Waals surface area (Å²) in [6, 6.07) is 3.85. The Hall–Kier alpha value is -1.84. The topological polar surface area (TPSA) is 39.9 Å². The molecule has 2 aromatic rings. The van der Waals surface area contributed by atoms with Crippen LogP contribution in [0.15, 0.2) is 30.7 Å². The van der Waals surface area contributed by atoms with Crippen LogP contribution in [-0.2, 0) is 6.42 Å². The van der Waals surface area contributed by atoms with Gasteiger partial charge in [0.2, 0.25) is 0 Å². The first kappa shape index (κ1) is 12.6. The lowest BCUT2D eigenvalue weighted by atomic mass is 10.3. The van der Waals surface area contributed by atoms with Gasteiger partial charge in [-0.15, -0.1) is 0 Å². The van der Waals surface area contributed by atoms with Crippen molar-refractivity contribution >= 4 is 0 Å². The predicted molar refractivity (Wildman–Crippen MR) is 71.1 cm³/mol. The third-order valence-electron chi connectivity index (χ3n) is 2.63. The second kappa shape index (κ2) is 6.19. The fourth-order valence-corrected chi connectivity index (χ4v) is 1.82. The highest BCUT2D eigenvalue weighted by molar-refractivity contribution is 5.40. The van der Waals surface area contributed by atoms with Crippen molar-refractivity contribution in [2.45, 2.75) is 33.1 Å². The third kappa shape index (κ3) is 2.70. The Morgan fingerprint density at radius 3 is 2.83 bits per heavy atom. The van der Waals surface area contributed by atoms with Crippen LogP contribution in [0.4, 0.5) is 0 Å². The molecule has 0 aliphatic carbocycles. The van der Waals surface area contributed by atoms with E-state index in [4.69, 9.17) is 4.74 Å². The summed E-state index contributed by atoms with van der Waals surface area (Å²) in [6.07, 6.45) is 8.52. The Morgan fingerprint density at radius 2 is 2.06 bits per heavy atom. The summed E-state index contributed by atoms with van der Waals surface area (Å²) < 4.78 is 7.74. The van der Waals surface area contributed by atoms with Crippen LogP contribution in [0.2, 0.25) is 0 Å². The van der Waals surface area contributed by atoms with Gasteiger partial charge in [-0.1, -0.05) is 13.8 Å². The molecular formula is C14H19N3O. The number of aryl methyl sites for hydroxylation is 1. The molecule has 0 saturated carbocycles. The summed E-state index contributed by atoms with van der Waals surface area (Å²) in [5, 5.41) is 0. The molecule has 0 atom stereocenters. The van der Waals surface area contributed by atoms with Crippen LogP contribution in [0.25, 0.3) is 5.82 Å². The second-order valence-electron chi connectivity index (χ2n) is 4.14. The molecule has 4 nitrogen and oxygen atoms in total. The predicted octanol–water partition coefficient (Wildman–Crippen LogP) is 3.01. The normalized spacial score (nSPS) is 10.6. The van der Waals surface area contributed by atoms with Gasteiger partial charge in [0.05, 0.1) is 6.61 Å². The quantitative estimate of drug-likeness (QED) is 0.785. The van der Waals surface area contributed by atoms with Gasteiger partial charge >= 0.3 is 0 Å². The first-order chi connectivity index (χ1) is 8.86. The SMILES string of the molecule is CCCOc1cccnc1-n1ccnc1CCC. The van der Waals surface area contributed by atoms with Gasteiger partial charge in [-0.25, -0.2) is 9.97 Å². The van der Waals surface area contributed by atoms with Gasteiger partial charge in [0.1, 0.15) is 5.82 Å². The van der Waals surface area contributed by atoms with Gasteiger partial charge in [-0.05, 0) is 25.0 Å². The molecule has 2 heterocycles. The van der Waals surface area contributed by atoms with E-state index >= 15 is 0 Å². The number of hydrogen-bond acceptors (Lipinski definition) is 3. The maximum atomic E-state index is 5.73. The smallest absolute Gasteiger partial charge is 0.181 e. The van der Waals surface area contributed by atoms with Crippen LogP contribution in [-0.4, -0.2) is 21.1 Å². The van der Waals surface area contributed by atoms with Gasteiger partial charge in [-0.3, -0.25) is 4.57 Å². The van der Waals surface area contributed by atoms with Crippen molar-refractivity contribution in [2.75, 3.05) is 6.61 Å². The Bertz CT molecular complexity index is 493. The fraction of sp³-hybridized carbons (Fsp3) is 0.429. The highest BCUT2D eigenvalue weighted by Gasteiger charge is 2.10. The Labute approximate surface area is 108 Å². The molecule has 18 heavy (non-hydrogen) atoms. The van der Waals surface area contributed by atoms with Crippen LogP contribution in [0.3, 0.4) is 0 Å². The van der Waals surface area contributed by atoms with Crippen molar-refractivity contribution in [3.8, 4) is 11.6 Å². The summed E-state index contributed by atoms with van der Waals surface area (Å²) in [6.45, 7) is 4.94. The van der Waals surface area contributed by atoms with Gasteiger partial charge in [0.15, 0.2) is 11.6 Å². The van der Waals surface area contributed by atoms with Crippen molar-refractivity contribution in [3.63, 3.8) is 0 Å². The largest absolute Gasteiger partial charge is 0.490 e. The number of rotatable bonds is 6. The van der Waals surface area contributed by atoms with Gasteiger partial charge in [0.25, 0.3) is 0 Å². The highest BCUT2D eigenvalue weighted by Crippen LogP contribution is 2.21. The molecule has 0 N–H and O–H groups in total. The maximum Gasteiger partial charge on any atom is 0.181 e. The summed E-state index contributed by atoms with van der Waals surface area (Å²) >= 11 is 0. The average molecular weight is 245 g/mol. The van der Waals surface area contributed by atoms with Gasteiger partial charge in [0, 0.05) is 25.0 Å². The fourth-order valence-electron chi connectivity index (χ4n) is 1.82. The molecule has 2 rings (SSSR count). The van der Waals surface area contributed by atoms with E-state index in [0.29, 0.717) is 6.61 Å². The maximum absolute atomic E-state index is 5.73. The van der Waals surface area contributed by atoms with Crippen molar-refractivity contribution < 1.29 is 4.74 Å². The molecule has 0 bridgehead atoms. The Kier molecular flexibility index (Phi) is 4.34. The highest BCUT2D eigenvalue weighted by atomic mass is 16.5. The van der Waals surface area contributed by atoms with E-state index in [1.54, 1.807) is 6.20 Å². The van der Waals surface area contributed by atoms with E-state index in [1.807, 2.05) is 29.1 Å². The number of hydrogen-bond donors (Lipinski definition) is 0. The lowest BCUT2D eigenvalue weighted by molar-refractivity contribution is 0.315. The first-order valence-electron chi connectivity index (χ1n) is 6.47. The molecule has 4 heteroatoms. The monoisotopic (exact) mass is 245 g/mol. The van der Waals surface area contributed by atoms with Crippen LogP contribution >= 0.6 is 0 Å². The van der Waals surface area contributed by atoms with Crippen LogP contribution in [0.1, 0.15) is 32.5 Å². The van der Waals surface area contributed by atoms with Gasteiger partial charge < -0.3 is 4.74 Å². The molecule has 0 amide bonds. The van der Waals surface area contributed by atoms with Crippen molar-refractivity contribution in [1.82, 2.24) is 14.5 Å². The van der Waals surface area contributed by atoms with Crippen LogP contribution in [0, 0.1) is 0 Å². The Balaban J connectivity index is 2.33. The summed E-state index contributed by atoms with van der Waals surface area (Å²) in [5.41, 5.74) is 0. The molecule has 0 fully saturated rings. The zero-order valence-electron chi connectivity index (χ0n) is 11.0. The minimum Gasteiger partial charge on any atom is -0.490 e. The zero-order chi connectivity index (χ0) is 12.8. The third-order valence-corrected chi connectivity index (χ3v) is 2.63. The number of ether oxygens (including phenoxy) is 1. The molecule has 0 radical (unpaired) electrons. The van der Waals surface area contributed by atoms with E-state index in [2.05, 4.69) is 23.8 Å². The minimum atomic E-state index is 0.705. The van der Waals surface area contributed by atoms with Crippen LogP contribution < -0.4 is 4.74 Å². The standard InChI is InChI=1S/C14H19N3O/c1-3-6-13-15-9-10-17(13)14-12(18-11-4-2)7-5-8-16-14/h5,7-10H,3-4,6,11H2,1-2H3. The van der Waals surface area contributed by atoms with Gasteiger partial charge in [-0.2, -0.15) is 0 Å². The van der Waals surface area contributed by atoms with Crippen molar-refractivity contribution in [1.29, 1.82) is 0 Å². The molecular weight excluding hydrogens is 226 g/mol. The molecule has 0 unspecified atom stereocenters. The second-order valence-corrected chi connectivity index (χ2v) is 4.14. The number of aromatic nitrogens is 3. The number of imidazole rings is 1. The van der Waals surface area contributed by atoms with Crippen molar-refractivity contribution in [2.24, 2.45) is 0 Å². The zero-order valence-corrected chi connectivity index (χ0v) is 11.0. The molecule has 0 aromatic carbocycles. The summed E-state index contributed by atoms with van der Waals surface area (Å²) in [4.78, 5) is 8.79. The van der Waals surface area contributed by atoms with E-state index in [0.717, 1.165) is 36.7 Å². The number of nitrogens with zero attached hydrogens (tertiary/aromatic N) is 3. The van der Waals surface area contributed by atoms with E-state index < -0.39 is 0 Å². The molecule has 0 aliphatic rings. The molecule has 2 aromatic heterocycles. The van der Waals surface area contributed by atoms with E-state index in [-0.39, 0.29) is 0 Å². The molecule has 0 spiro atoms. The summed E-state index contributed by atoms with van der Waals surface area (Å²) in [7, 11) is 0. The van der Waals surface area contributed by atoms with Crippen LogP contribution in [0.5, 0.6) is 5.75 Å². The lowest BCUT2D eigenvalue weighted by Gasteiger charge is -2.12. The van der Waals surface area contributed by atoms with Crippen molar-refractivity contribution in [3.05, 3.63) is 36.5 Å². The Morgan fingerprint density at radius 1 is 1.17 bits per heavy atom. The lowest BCUT2D eigenvalue weighted by Crippen LogP contribution is -2.06. The molecule has 0 saturated heterocycles. The molecule has 96 valence electrons. The van der Waals surface area contributed by atoms with E-state index in [1.165, 1.54) is 0 Å². The number of pyridine rings is 1. The first-order valence-corrected chi connectivity index (χ1v) is 6.47. The summed E-state index contributed by atoms with van der Waals surface area (Å²) in [5.74, 6) is 2.67. The van der Waals surface area contributed by atoms with E-state index in [9.17, 15) is 0 Å². The molecule has 0 aliphatic heterocycles. The minimum absolute atomic E-state index is 0.705.